The molecule has 0 radical (unpaired) electrons. The van der Waals surface area contributed by atoms with Crippen molar-refractivity contribution in [2.75, 3.05) is 0 Å². The van der Waals surface area contributed by atoms with Crippen LogP contribution >= 0.6 is 0 Å². The number of pyridine rings is 1. The zero-order chi connectivity index (χ0) is 17.6. The second-order valence-electron chi connectivity index (χ2n) is 6.55. The molecule has 3 aromatic rings. The molecule has 1 aliphatic heterocycles. The van der Waals surface area contributed by atoms with Gasteiger partial charge >= 0.3 is 0 Å². The van der Waals surface area contributed by atoms with Gasteiger partial charge in [0.15, 0.2) is 0 Å². The molecule has 0 N–H and O–H groups in total. The van der Waals surface area contributed by atoms with E-state index >= 15 is 0 Å². The monoisotopic (exact) mass is 333 g/mol. The molecule has 0 saturated carbocycles. The number of carbonyl (C=O) groups is 1. The molecule has 0 unspecified atom stereocenters. The fourth-order valence-corrected chi connectivity index (χ4v) is 3.23. The Morgan fingerprint density at radius 1 is 1.20 bits per heavy atom. The minimum absolute atomic E-state index is 0.104. The summed E-state index contributed by atoms with van der Waals surface area (Å²) < 4.78 is 1.78. The second kappa shape index (κ2) is 5.81. The van der Waals surface area contributed by atoms with Crippen molar-refractivity contribution < 1.29 is 4.79 Å². The van der Waals surface area contributed by atoms with Gasteiger partial charge in [0.05, 0.1) is 17.6 Å². The van der Waals surface area contributed by atoms with Crippen molar-refractivity contribution in [2.24, 2.45) is 0 Å². The molecule has 1 amide bonds. The molecule has 1 aliphatic rings. The number of nitrogens with zero attached hydrogens (tertiary/aromatic N) is 5. The summed E-state index contributed by atoms with van der Waals surface area (Å²) in [5.41, 5.74) is 5.45. The first kappa shape index (κ1) is 15.5. The van der Waals surface area contributed by atoms with Crippen molar-refractivity contribution in [2.45, 2.75) is 33.4 Å². The topological polar surface area (TPSA) is 63.9 Å². The molecule has 0 spiro atoms. The third-order valence-corrected chi connectivity index (χ3v) is 4.62. The molecule has 6 heteroatoms. The van der Waals surface area contributed by atoms with Crippen LogP contribution in [0.15, 0.2) is 42.7 Å². The smallest absolute Gasteiger partial charge is 0.254 e. The van der Waals surface area contributed by atoms with E-state index in [1.807, 2.05) is 49.9 Å². The third-order valence-electron chi connectivity index (χ3n) is 4.62. The van der Waals surface area contributed by atoms with Gasteiger partial charge in [-0.05, 0) is 50.6 Å². The fourth-order valence-electron chi connectivity index (χ4n) is 3.23. The Kier molecular flexibility index (Phi) is 3.60. The third kappa shape index (κ3) is 2.50. The highest BCUT2D eigenvalue weighted by molar-refractivity contribution is 5.99. The number of fused-ring (bicyclic) bond motifs is 1. The Morgan fingerprint density at radius 3 is 2.76 bits per heavy atom. The van der Waals surface area contributed by atoms with E-state index in [-0.39, 0.29) is 11.9 Å². The zero-order valence-electron chi connectivity index (χ0n) is 14.5. The summed E-state index contributed by atoms with van der Waals surface area (Å²) in [4.78, 5) is 18.4. The van der Waals surface area contributed by atoms with Crippen molar-refractivity contribution in [3.05, 3.63) is 59.5 Å². The van der Waals surface area contributed by atoms with Crippen LogP contribution in [0.2, 0.25) is 0 Å². The van der Waals surface area contributed by atoms with E-state index in [0.29, 0.717) is 6.54 Å². The Bertz CT molecular complexity index is 946. The summed E-state index contributed by atoms with van der Waals surface area (Å²) in [6.45, 7) is 6.71. The maximum atomic E-state index is 12.4. The summed E-state index contributed by atoms with van der Waals surface area (Å²) in [5, 5.41) is 8.61. The maximum Gasteiger partial charge on any atom is 0.254 e. The summed E-state index contributed by atoms with van der Waals surface area (Å²) >= 11 is 0. The second-order valence-corrected chi connectivity index (χ2v) is 6.55. The van der Waals surface area contributed by atoms with Gasteiger partial charge in [-0.1, -0.05) is 11.3 Å². The van der Waals surface area contributed by atoms with Crippen LogP contribution in [0, 0.1) is 6.92 Å². The molecule has 0 bridgehead atoms. The lowest BCUT2D eigenvalue weighted by molar-refractivity contribution is 0.0730. The lowest BCUT2D eigenvalue weighted by Crippen LogP contribution is -2.30. The van der Waals surface area contributed by atoms with Gasteiger partial charge in [0.1, 0.15) is 5.69 Å². The lowest BCUT2D eigenvalue weighted by atomic mass is 10.0. The molecule has 6 nitrogen and oxygen atoms in total. The van der Waals surface area contributed by atoms with E-state index in [1.165, 1.54) is 0 Å². The van der Waals surface area contributed by atoms with Crippen LogP contribution in [-0.2, 0) is 6.54 Å². The van der Waals surface area contributed by atoms with Crippen molar-refractivity contribution in [3.63, 3.8) is 0 Å². The van der Waals surface area contributed by atoms with E-state index < -0.39 is 0 Å². The average Bonchev–Trinajstić information content (AvgIpc) is 3.16. The zero-order valence-corrected chi connectivity index (χ0v) is 14.5. The van der Waals surface area contributed by atoms with Gasteiger partial charge in [0, 0.05) is 29.9 Å². The largest absolute Gasteiger partial charge is 0.332 e. The van der Waals surface area contributed by atoms with Gasteiger partial charge in [-0.2, -0.15) is 0 Å². The quantitative estimate of drug-likeness (QED) is 0.739. The molecule has 2 aromatic heterocycles. The highest BCUT2D eigenvalue weighted by Gasteiger charge is 2.29. The van der Waals surface area contributed by atoms with E-state index in [4.69, 9.17) is 0 Å². The molecule has 0 fully saturated rings. The predicted molar refractivity (Wildman–Crippen MR) is 94.3 cm³/mol. The number of hydrogen-bond donors (Lipinski definition) is 0. The van der Waals surface area contributed by atoms with Crippen molar-refractivity contribution in [3.8, 4) is 16.9 Å². The first-order chi connectivity index (χ1) is 12.1. The van der Waals surface area contributed by atoms with Crippen molar-refractivity contribution in [1.82, 2.24) is 24.9 Å². The molecule has 1 aromatic carbocycles. The molecular weight excluding hydrogens is 314 g/mol. The number of benzene rings is 1. The lowest BCUT2D eigenvalue weighted by Gasteiger charge is -2.19. The minimum Gasteiger partial charge on any atom is -0.332 e. The SMILES string of the molecule is Cc1c(-c2ccc3c(c2)CN(C(C)C)C3=O)nnn1-c1cccnc1. The Labute approximate surface area is 146 Å². The Hall–Kier alpha value is -3.02. The first-order valence-electron chi connectivity index (χ1n) is 8.33. The first-order valence-corrected chi connectivity index (χ1v) is 8.33. The van der Waals surface area contributed by atoms with Crippen LogP contribution < -0.4 is 0 Å². The standard InChI is InChI=1S/C19H19N5O/c1-12(2)23-11-15-9-14(6-7-17(15)19(23)25)18-13(3)24(22-21-18)16-5-4-8-20-10-16/h4-10,12H,11H2,1-3H3. The van der Waals surface area contributed by atoms with Gasteiger partial charge in [-0.3, -0.25) is 9.78 Å². The summed E-state index contributed by atoms with van der Waals surface area (Å²) in [6.07, 6.45) is 3.49. The summed E-state index contributed by atoms with van der Waals surface area (Å²) in [7, 11) is 0. The normalized spacial score (nSPS) is 13.6. The van der Waals surface area contributed by atoms with E-state index in [1.54, 1.807) is 17.1 Å². The van der Waals surface area contributed by atoms with Gasteiger partial charge in [0.2, 0.25) is 0 Å². The van der Waals surface area contributed by atoms with Crippen LogP contribution in [0.4, 0.5) is 0 Å². The van der Waals surface area contributed by atoms with Crippen LogP contribution in [0.3, 0.4) is 0 Å². The molecule has 4 rings (SSSR count). The summed E-state index contributed by atoms with van der Waals surface area (Å²) in [6, 6.07) is 9.91. The van der Waals surface area contributed by atoms with E-state index in [2.05, 4.69) is 21.4 Å². The molecule has 0 aliphatic carbocycles. The van der Waals surface area contributed by atoms with Gasteiger partial charge in [-0.25, -0.2) is 4.68 Å². The number of rotatable bonds is 3. The van der Waals surface area contributed by atoms with Crippen LogP contribution in [-0.4, -0.2) is 36.8 Å². The molecule has 126 valence electrons. The fraction of sp³-hybridized carbons (Fsp3) is 0.263. The molecular formula is C19H19N5O. The number of aromatic nitrogens is 4. The van der Waals surface area contributed by atoms with Gasteiger partial charge in [0.25, 0.3) is 5.91 Å². The Morgan fingerprint density at radius 2 is 2.04 bits per heavy atom. The van der Waals surface area contributed by atoms with Crippen LogP contribution in [0.5, 0.6) is 0 Å². The highest BCUT2D eigenvalue weighted by Crippen LogP contribution is 2.30. The van der Waals surface area contributed by atoms with Gasteiger partial charge in [-0.15, -0.1) is 5.10 Å². The molecule has 25 heavy (non-hydrogen) atoms. The average molecular weight is 333 g/mol. The molecule has 0 atom stereocenters. The van der Waals surface area contributed by atoms with Crippen LogP contribution in [0.1, 0.15) is 35.5 Å². The van der Waals surface area contributed by atoms with Gasteiger partial charge < -0.3 is 4.90 Å². The maximum absolute atomic E-state index is 12.4. The molecule has 3 heterocycles. The number of carbonyl (C=O) groups excluding carboxylic acids is 1. The predicted octanol–water partition coefficient (Wildman–Crippen LogP) is 3.00. The number of amides is 1. The van der Waals surface area contributed by atoms with E-state index in [9.17, 15) is 4.79 Å². The molecule has 0 saturated heterocycles. The minimum atomic E-state index is 0.104. The Balaban J connectivity index is 1.73. The van der Waals surface area contributed by atoms with Crippen molar-refractivity contribution >= 4 is 5.91 Å². The van der Waals surface area contributed by atoms with E-state index in [0.717, 1.165) is 33.8 Å². The highest BCUT2D eigenvalue weighted by atomic mass is 16.2. The van der Waals surface area contributed by atoms with Crippen LogP contribution in [0.25, 0.3) is 16.9 Å². The summed E-state index contributed by atoms with van der Waals surface area (Å²) in [5.74, 6) is 0.104. The van der Waals surface area contributed by atoms with Crippen molar-refractivity contribution in [1.29, 1.82) is 0 Å². The number of hydrogen-bond acceptors (Lipinski definition) is 4.